The number of halogens is 1. The first-order chi connectivity index (χ1) is 14.3. The molecule has 0 aliphatic carbocycles. The van der Waals surface area contributed by atoms with E-state index in [1.807, 2.05) is 60.6 Å². The lowest BCUT2D eigenvalue weighted by Crippen LogP contribution is -2.44. The van der Waals surface area contributed by atoms with E-state index in [0.29, 0.717) is 30.5 Å². The second kappa shape index (κ2) is 8.83. The molecule has 0 N–H and O–H groups in total. The monoisotopic (exact) mass is 451 g/mol. The van der Waals surface area contributed by atoms with Crippen LogP contribution in [0.5, 0.6) is 5.75 Å². The number of nitrogens with zero attached hydrogens (tertiary/aromatic N) is 1. The van der Waals surface area contributed by atoms with Gasteiger partial charge in [0.25, 0.3) is 0 Å². The van der Waals surface area contributed by atoms with Crippen LogP contribution in [0.2, 0.25) is 5.02 Å². The van der Waals surface area contributed by atoms with Crippen molar-refractivity contribution >= 4 is 30.3 Å². The van der Waals surface area contributed by atoms with Gasteiger partial charge in [0, 0.05) is 29.5 Å². The molecule has 0 spiro atoms. The summed E-state index contributed by atoms with van der Waals surface area (Å²) in [5.74, 6) is 0.867. The predicted octanol–water partition coefficient (Wildman–Crippen LogP) is 4.67. The van der Waals surface area contributed by atoms with Crippen LogP contribution in [0.15, 0.2) is 18.2 Å². The first-order valence-electron chi connectivity index (χ1n) is 11.0. The lowest BCUT2D eigenvalue weighted by molar-refractivity contribution is 0.00578. The number of hydrogen-bond donors (Lipinski definition) is 0. The van der Waals surface area contributed by atoms with Crippen LogP contribution in [0.1, 0.15) is 61.3 Å². The van der Waals surface area contributed by atoms with Gasteiger partial charge in [-0.15, -0.1) is 0 Å². The van der Waals surface area contributed by atoms with Crippen molar-refractivity contribution in [3.8, 4) is 5.75 Å². The largest absolute Gasteiger partial charge is 0.498 e. The highest BCUT2D eigenvalue weighted by Crippen LogP contribution is 2.37. The van der Waals surface area contributed by atoms with Gasteiger partial charge in [0.15, 0.2) is 0 Å². The molecule has 0 aromatic heterocycles. The van der Waals surface area contributed by atoms with Crippen molar-refractivity contribution in [2.75, 3.05) is 19.7 Å². The van der Waals surface area contributed by atoms with Gasteiger partial charge < -0.3 is 23.7 Å². The topological polar surface area (TPSA) is 57.2 Å². The SMILES string of the molecule is CC(C)(C)OC(=O)N1CCCC(COc2cc(Cl)ccc2B2OC(C)(C)C(C)(C)O2)C1. The fourth-order valence-corrected chi connectivity index (χ4v) is 3.86. The Morgan fingerprint density at radius 3 is 2.48 bits per heavy atom. The Kier molecular flexibility index (Phi) is 6.90. The molecule has 2 fully saturated rings. The molecule has 1 aromatic rings. The van der Waals surface area contributed by atoms with Gasteiger partial charge in [-0.3, -0.25) is 0 Å². The van der Waals surface area contributed by atoms with Crippen LogP contribution >= 0.6 is 11.6 Å². The molecule has 0 bridgehead atoms. The van der Waals surface area contributed by atoms with Gasteiger partial charge in [0.1, 0.15) is 11.4 Å². The average Bonchev–Trinajstić information content (AvgIpc) is 2.86. The molecule has 1 aromatic carbocycles. The Hall–Kier alpha value is -1.44. The third-order valence-electron chi connectivity index (χ3n) is 6.13. The van der Waals surface area contributed by atoms with Gasteiger partial charge in [-0.2, -0.15) is 0 Å². The number of carbonyl (C=O) groups excluding carboxylic acids is 1. The van der Waals surface area contributed by atoms with Crippen LogP contribution in [0.25, 0.3) is 0 Å². The van der Waals surface area contributed by atoms with Crippen molar-refractivity contribution in [2.45, 2.75) is 78.1 Å². The normalized spacial score (nSPS) is 23.0. The highest BCUT2D eigenvalue weighted by molar-refractivity contribution is 6.63. The number of benzene rings is 1. The zero-order valence-electron chi connectivity index (χ0n) is 19.8. The van der Waals surface area contributed by atoms with Crippen LogP contribution in [0, 0.1) is 5.92 Å². The fourth-order valence-electron chi connectivity index (χ4n) is 3.70. The Bertz CT molecular complexity index is 792. The molecular weight excluding hydrogens is 417 g/mol. The zero-order chi connectivity index (χ0) is 23.0. The Morgan fingerprint density at radius 2 is 1.87 bits per heavy atom. The summed E-state index contributed by atoms with van der Waals surface area (Å²) >= 11 is 6.25. The number of amides is 1. The summed E-state index contributed by atoms with van der Waals surface area (Å²) in [7, 11) is -0.526. The maximum absolute atomic E-state index is 12.4. The van der Waals surface area contributed by atoms with Gasteiger partial charge in [-0.25, -0.2) is 4.79 Å². The first-order valence-corrected chi connectivity index (χ1v) is 11.4. The van der Waals surface area contributed by atoms with Gasteiger partial charge in [0.05, 0.1) is 17.8 Å². The van der Waals surface area contributed by atoms with Crippen molar-refractivity contribution in [3.63, 3.8) is 0 Å². The summed E-state index contributed by atoms with van der Waals surface area (Å²) in [5.41, 5.74) is -0.556. The molecule has 1 unspecified atom stereocenters. The number of piperidine rings is 1. The molecule has 2 heterocycles. The Labute approximate surface area is 191 Å². The van der Waals surface area contributed by atoms with Crippen LogP contribution in [0.3, 0.4) is 0 Å². The fraction of sp³-hybridized carbons (Fsp3) is 0.696. The van der Waals surface area contributed by atoms with Crippen molar-refractivity contribution < 1.29 is 23.6 Å². The molecule has 2 aliphatic rings. The zero-order valence-corrected chi connectivity index (χ0v) is 20.5. The standard InChI is InChI=1S/C23H35BClNO5/c1-21(2,3)29-20(27)26-12-8-9-16(14-26)15-28-19-13-17(25)10-11-18(19)24-30-22(4,5)23(6,7)31-24/h10-11,13,16H,8-9,12,14-15H2,1-7H3. The second-order valence-electron chi connectivity index (χ2n) is 10.5. The lowest BCUT2D eigenvalue weighted by Gasteiger charge is -2.34. The number of rotatable bonds is 4. The summed E-state index contributed by atoms with van der Waals surface area (Å²) in [4.78, 5) is 14.2. The molecule has 6 nitrogen and oxygen atoms in total. The van der Waals surface area contributed by atoms with E-state index in [9.17, 15) is 4.79 Å². The highest BCUT2D eigenvalue weighted by Gasteiger charge is 2.52. The molecule has 172 valence electrons. The minimum Gasteiger partial charge on any atom is -0.494 e. The molecule has 1 atom stereocenters. The average molecular weight is 452 g/mol. The molecular formula is C23H35BClNO5. The van der Waals surface area contributed by atoms with Crippen molar-refractivity contribution in [2.24, 2.45) is 5.92 Å². The van der Waals surface area contributed by atoms with Crippen molar-refractivity contribution in [1.29, 1.82) is 0 Å². The third kappa shape index (κ3) is 5.88. The molecule has 2 aliphatic heterocycles. The number of carbonyl (C=O) groups is 1. The summed E-state index contributed by atoms with van der Waals surface area (Å²) in [6, 6.07) is 5.52. The van der Waals surface area contributed by atoms with Crippen LogP contribution in [-0.4, -0.2) is 54.6 Å². The van der Waals surface area contributed by atoms with Crippen LogP contribution in [0.4, 0.5) is 4.79 Å². The maximum atomic E-state index is 12.4. The number of hydrogen-bond acceptors (Lipinski definition) is 5. The molecule has 3 rings (SSSR count). The van der Waals surface area contributed by atoms with E-state index in [4.69, 9.17) is 30.4 Å². The van der Waals surface area contributed by atoms with Crippen LogP contribution in [-0.2, 0) is 14.0 Å². The highest BCUT2D eigenvalue weighted by atomic mass is 35.5. The summed E-state index contributed by atoms with van der Waals surface area (Å²) in [5, 5.41) is 0.592. The third-order valence-corrected chi connectivity index (χ3v) is 6.36. The predicted molar refractivity (Wildman–Crippen MR) is 123 cm³/mol. The maximum Gasteiger partial charge on any atom is 0.498 e. The molecule has 0 saturated carbocycles. The molecule has 0 radical (unpaired) electrons. The van der Waals surface area contributed by atoms with E-state index in [1.165, 1.54) is 0 Å². The smallest absolute Gasteiger partial charge is 0.494 e. The Balaban J connectivity index is 1.67. The van der Waals surface area contributed by atoms with E-state index >= 15 is 0 Å². The quantitative estimate of drug-likeness (QED) is 0.623. The molecule has 8 heteroatoms. The van der Waals surface area contributed by atoms with Crippen molar-refractivity contribution in [1.82, 2.24) is 4.90 Å². The number of likely N-dealkylation sites (tertiary alicyclic amines) is 1. The lowest BCUT2D eigenvalue weighted by atomic mass is 9.78. The summed E-state index contributed by atoms with van der Waals surface area (Å²) in [6.07, 6.45) is 1.65. The van der Waals surface area contributed by atoms with E-state index in [-0.39, 0.29) is 12.0 Å². The summed E-state index contributed by atoms with van der Waals surface area (Å²) < 4.78 is 24.1. The van der Waals surface area contributed by atoms with Gasteiger partial charge in [0.2, 0.25) is 0 Å². The van der Waals surface area contributed by atoms with Gasteiger partial charge in [-0.1, -0.05) is 17.7 Å². The Morgan fingerprint density at radius 1 is 1.23 bits per heavy atom. The van der Waals surface area contributed by atoms with Crippen LogP contribution < -0.4 is 10.2 Å². The first kappa shape index (κ1) is 24.2. The van der Waals surface area contributed by atoms with Gasteiger partial charge in [-0.05, 0) is 73.4 Å². The summed E-state index contributed by atoms with van der Waals surface area (Å²) in [6.45, 7) is 15.5. The van der Waals surface area contributed by atoms with Gasteiger partial charge >= 0.3 is 13.2 Å². The molecule has 1 amide bonds. The van der Waals surface area contributed by atoms with E-state index < -0.39 is 23.9 Å². The van der Waals surface area contributed by atoms with E-state index in [0.717, 1.165) is 18.3 Å². The van der Waals surface area contributed by atoms with E-state index in [2.05, 4.69) is 0 Å². The minimum absolute atomic E-state index is 0.214. The van der Waals surface area contributed by atoms with E-state index in [1.54, 1.807) is 11.0 Å². The minimum atomic E-state index is -0.526. The van der Waals surface area contributed by atoms with Crippen molar-refractivity contribution in [3.05, 3.63) is 23.2 Å². The molecule has 2 saturated heterocycles. The molecule has 31 heavy (non-hydrogen) atoms. The second-order valence-corrected chi connectivity index (χ2v) is 11.0. The number of ether oxygens (including phenoxy) is 2.